The monoisotopic (exact) mass is 847 g/mol. The Morgan fingerprint density at radius 1 is 0.828 bits per heavy atom. The van der Waals surface area contributed by atoms with Crippen LogP contribution in [0.2, 0.25) is 37.3 Å². The summed E-state index contributed by atoms with van der Waals surface area (Å²) in [7, 11) is -3.37. The predicted molar refractivity (Wildman–Crippen MR) is 252 cm³/mol. The van der Waals surface area contributed by atoms with Gasteiger partial charge in [0.2, 0.25) is 0 Å². The Morgan fingerprint density at radius 3 is 2.17 bits per heavy atom. The second-order valence-electron chi connectivity index (χ2n) is 20.3. The van der Waals surface area contributed by atoms with Gasteiger partial charge < -0.3 is 23.7 Å². The van der Waals surface area contributed by atoms with Crippen LogP contribution in [0.4, 0.5) is 0 Å². The Bertz CT molecular complexity index is 1870. The van der Waals surface area contributed by atoms with E-state index < -0.39 is 16.4 Å². The molecule has 2 unspecified atom stereocenters. The maximum atomic E-state index is 11.8. The Hall–Kier alpha value is -1.98. The number of hydrogen-bond donors (Lipinski definition) is 1. The number of aromatic hydroxyl groups is 1. The molecule has 5 nitrogen and oxygen atoms in total. The van der Waals surface area contributed by atoms with Gasteiger partial charge in [0.25, 0.3) is 0 Å². The van der Waals surface area contributed by atoms with Crippen LogP contribution in [0.3, 0.4) is 0 Å². The number of benzene rings is 3. The molecule has 1 N–H and O–H groups in total. The van der Waals surface area contributed by atoms with Gasteiger partial charge in [-0.05, 0) is 109 Å². The number of unbranched alkanes of at least 4 members (excludes halogenated alkanes) is 1. The zero-order valence-corrected chi connectivity index (χ0v) is 41.3. The van der Waals surface area contributed by atoms with Crippen LogP contribution in [0, 0.1) is 11.8 Å². The van der Waals surface area contributed by atoms with Crippen LogP contribution in [0.5, 0.6) is 17.2 Å². The van der Waals surface area contributed by atoms with Crippen molar-refractivity contribution in [2.45, 2.75) is 191 Å². The standard InChI is InChI=1S/C50H78O5SSi2/c1-13-15-30-57(9,10)37(7)55-58(11,12)48(8,14-2)24-21-27-52-28-29-53-38-22-23-39-42(31-38)49(25-19-17-16-18-20-26-49)43-34-44(51)40-33-46-45(32-41(40)47(39)43)54-50(56-46,35(3)4)36(5)6/h22-23,31-37,51H,13-21,24-30H2,1-12H3. The van der Waals surface area contributed by atoms with Crippen molar-refractivity contribution in [1.82, 2.24) is 0 Å². The van der Waals surface area contributed by atoms with Gasteiger partial charge in [0.1, 0.15) is 23.9 Å². The fraction of sp³-hybridized carbons (Fsp3) is 0.680. The molecular weight excluding hydrogens is 769 g/mol. The Labute approximate surface area is 359 Å². The molecule has 3 aromatic rings. The third-order valence-electron chi connectivity index (χ3n) is 15.3. The van der Waals surface area contributed by atoms with Gasteiger partial charge in [-0.15, -0.1) is 0 Å². The van der Waals surface area contributed by atoms with Crippen molar-refractivity contribution in [2.75, 3.05) is 19.8 Å². The highest BCUT2D eigenvalue weighted by molar-refractivity contribution is 8.01. The molecule has 2 aliphatic carbocycles. The summed E-state index contributed by atoms with van der Waals surface area (Å²) in [6, 6.07) is 14.7. The van der Waals surface area contributed by atoms with Crippen molar-refractivity contribution >= 4 is 38.9 Å². The van der Waals surface area contributed by atoms with Gasteiger partial charge in [-0.1, -0.05) is 137 Å². The number of phenols is 1. The molecule has 8 heteroatoms. The largest absolute Gasteiger partial charge is 0.507 e. The number of ether oxygens (including phenoxy) is 3. The lowest BCUT2D eigenvalue weighted by Crippen LogP contribution is -2.52. The van der Waals surface area contributed by atoms with Gasteiger partial charge in [-0.25, -0.2) is 0 Å². The fourth-order valence-corrected chi connectivity index (χ4v) is 18.5. The van der Waals surface area contributed by atoms with Crippen LogP contribution in [-0.2, 0) is 14.6 Å². The topological polar surface area (TPSA) is 57.2 Å². The normalized spacial score (nSPS) is 19.1. The molecule has 1 fully saturated rings. The molecule has 1 aliphatic heterocycles. The third kappa shape index (κ3) is 8.71. The molecule has 0 saturated heterocycles. The van der Waals surface area contributed by atoms with Crippen molar-refractivity contribution in [1.29, 1.82) is 0 Å². The van der Waals surface area contributed by atoms with E-state index >= 15 is 0 Å². The molecule has 0 amide bonds. The van der Waals surface area contributed by atoms with Gasteiger partial charge in [-0.3, -0.25) is 0 Å². The summed E-state index contributed by atoms with van der Waals surface area (Å²) in [5.41, 5.74) is 5.46. The van der Waals surface area contributed by atoms with Gasteiger partial charge in [0, 0.05) is 35.0 Å². The van der Waals surface area contributed by atoms with E-state index in [1.807, 2.05) is 11.8 Å². The minimum Gasteiger partial charge on any atom is -0.507 e. The van der Waals surface area contributed by atoms with E-state index in [4.69, 9.17) is 18.6 Å². The SMILES string of the molecule is CCCC[Si](C)(C)C(C)O[Si](C)(C)C(C)(CC)CCCOCCOc1ccc2c(c1)C1(CCCCCCC1)c1cc(O)c3cc4c(cc3c1-2)OC(C(C)C)(C(C)C)S4. The Morgan fingerprint density at radius 2 is 1.52 bits per heavy atom. The first kappa shape index (κ1) is 45.5. The zero-order valence-electron chi connectivity index (χ0n) is 38.5. The van der Waals surface area contributed by atoms with Crippen molar-refractivity contribution in [3.63, 3.8) is 0 Å². The van der Waals surface area contributed by atoms with Gasteiger partial charge in [0.05, 0.1) is 19.6 Å². The molecular formula is C50H78O5SSi2. The van der Waals surface area contributed by atoms with Crippen molar-refractivity contribution in [2.24, 2.45) is 11.8 Å². The van der Waals surface area contributed by atoms with Gasteiger partial charge >= 0.3 is 0 Å². The molecule has 0 bridgehead atoms. The first-order valence-electron chi connectivity index (χ1n) is 23.2. The highest BCUT2D eigenvalue weighted by Crippen LogP contribution is 2.61. The molecule has 0 radical (unpaired) electrons. The van der Waals surface area contributed by atoms with Crippen molar-refractivity contribution in [3.8, 4) is 28.4 Å². The van der Waals surface area contributed by atoms with E-state index in [9.17, 15) is 5.11 Å². The molecule has 322 valence electrons. The summed E-state index contributed by atoms with van der Waals surface area (Å²) >= 11 is 1.83. The van der Waals surface area contributed by atoms with Crippen molar-refractivity contribution in [3.05, 3.63) is 47.5 Å². The maximum Gasteiger partial charge on any atom is 0.192 e. The molecule has 1 saturated carbocycles. The van der Waals surface area contributed by atoms with Gasteiger partial charge in [0.15, 0.2) is 13.3 Å². The van der Waals surface area contributed by atoms with Crippen LogP contribution in [0.15, 0.2) is 41.3 Å². The third-order valence-corrected chi connectivity index (χ3v) is 25.9. The highest BCUT2D eigenvalue weighted by Gasteiger charge is 2.49. The van der Waals surface area contributed by atoms with Crippen LogP contribution < -0.4 is 9.47 Å². The van der Waals surface area contributed by atoms with Crippen LogP contribution >= 0.6 is 11.8 Å². The fourth-order valence-electron chi connectivity index (χ4n) is 10.5. The Kier molecular flexibility index (Phi) is 14.3. The molecule has 1 spiro atoms. The number of rotatable bonds is 18. The molecule has 3 aromatic carbocycles. The van der Waals surface area contributed by atoms with E-state index in [-0.39, 0.29) is 15.4 Å². The van der Waals surface area contributed by atoms with E-state index in [1.165, 1.54) is 73.2 Å². The van der Waals surface area contributed by atoms with Crippen molar-refractivity contribution < 1.29 is 23.7 Å². The minimum atomic E-state index is -1.95. The number of hydrogen-bond acceptors (Lipinski definition) is 6. The summed E-state index contributed by atoms with van der Waals surface area (Å²) < 4.78 is 26.7. The highest BCUT2D eigenvalue weighted by atomic mass is 32.2. The smallest absolute Gasteiger partial charge is 0.192 e. The second-order valence-corrected chi connectivity index (χ2v) is 31.3. The van der Waals surface area contributed by atoms with Crippen LogP contribution in [-0.4, -0.2) is 52.0 Å². The number of phenolic OH excluding ortho intramolecular Hbond substituents is 1. The van der Waals surface area contributed by atoms with Crippen LogP contribution in [0.1, 0.15) is 144 Å². The van der Waals surface area contributed by atoms with Gasteiger partial charge in [-0.2, -0.15) is 0 Å². The summed E-state index contributed by atoms with van der Waals surface area (Å²) in [6.07, 6.45) is 14.3. The maximum absolute atomic E-state index is 11.8. The van der Waals surface area contributed by atoms with Crippen LogP contribution in [0.25, 0.3) is 21.9 Å². The molecule has 1 heterocycles. The number of thioether (sulfide) groups is 1. The predicted octanol–water partition coefficient (Wildman–Crippen LogP) is 15.1. The lowest BCUT2D eigenvalue weighted by Gasteiger charge is -2.46. The first-order chi connectivity index (χ1) is 27.4. The quantitative estimate of drug-likeness (QED) is 0.102. The summed E-state index contributed by atoms with van der Waals surface area (Å²) in [6.45, 7) is 30.3. The van der Waals surface area contributed by atoms with E-state index in [0.717, 1.165) is 65.9 Å². The second kappa shape index (κ2) is 18.2. The lowest BCUT2D eigenvalue weighted by molar-refractivity contribution is 0.0757. The summed E-state index contributed by atoms with van der Waals surface area (Å²) in [5.74, 6) is 2.92. The molecule has 6 rings (SSSR count). The average Bonchev–Trinajstić information content (AvgIpc) is 3.68. The van der Waals surface area contributed by atoms with E-state index in [1.54, 1.807) is 0 Å². The summed E-state index contributed by atoms with van der Waals surface area (Å²) in [5, 5.41) is 14.0. The molecule has 0 aromatic heterocycles. The minimum absolute atomic E-state index is 0.140. The van der Waals surface area contributed by atoms with E-state index in [0.29, 0.717) is 36.5 Å². The lowest BCUT2D eigenvalue weighted by atomic mass is 9.69. The number of fused-ring (bicyclic) bond motifs is 8. The summed E-state index contributed by atoms with van der Waals surface area (Å²) in [4.78, 5) is 0.809. The first-order valence-corrected chi connectivity index (χ1v) is 30.2. The Balaban J connectivity index is 1.15. The zero-order chi connectivity index (χ0) is 42.1. The molecule has 2 atom stereocenters. The van der Waals surface area contributed by atoms with E-state index in [2.05, 4.69) is 118 Å². The molecule has 58 heavy (non-hydrogen) atoms. The molecule has 3 aliphatic rings. The average molecular weight is 847 g/mol.